The molecule has 0 amide bonds. The maximum absolute atomic E-state index is 5.99. The third-order valence-corrected chi connectivity index (χ3v) is 3.65. The lowest BCUT2D eigenvalue weighted by molar-refractivity contribution is 0.684. The van der Waals surface area contributed by atoms with Crippen molar-refractivity contribution in [2.24, 2.45) is 12.0 Å². The van der Waals surface area contributed by atoms with E-state index >= 15 is 0 Å². The molecule has 0 aliphatic rings. The van der Waals surface area contributed by atoms with Crippen molar-refractivity contribution in [1.29, 1.82) is 0 Å². The van der Waals surface area contributed by atoms with Crippen LogP contribution in [-0.2, 0) is 20.0 Å². The Morgan fingerprint density at radius 1 is 1.22 bits per heavy atom. The van der Waals surface area contributed by atoms with Gasteiger partial charge in [0.1, 0.15) is 0 Å². The summed E-state index contributed by atoms with van der Waals surface area (Å²) in [5.74, 6) is 0.745. The van der Waals surface area contributed by atoms with Gasteiger partial charge in [-0.1, -0.05) is 23.2 Å². The smallest absolute Gasteiger partial charge is 0.191 e. The third-order valence-electron chi connectivity index (χ3n) is 3.21. The summed E-state index contributed by atoms with van der Waals surface area (Å²) in [5, 5.41) is 11.9. The number of benzene rings is 1. The van der Waals surface area contributed by atoms with Crippen molar-refractivity contribution in [2.75, 3.05) is 13.6 Å². The van der Waals surface area contributed by atoms with E-state index in [2.05, 4.69) is 20.7 Å². The largest absolute Gasteiger partial charge is 0.356 e. The van der Waals surface area contributed by atoms with Gasteiger partial charge in [-0.3, -0.25) is 9.67 Å². The van der Waals surface area contributed by atoms with E-state index in [-0.39, 0.29) is 24.0 Å². The van der Waals surface area contributed by atoms with Gasteiger partial charge in [0.2, 0.25) is 0 Å². The quantitative estimate of drug-likeness (QED) is 0.403. The summed E-state index contributed by atoms with van der Waals surface area (Å²) >= 11 is 12.0. The van der Waals surface area contributed by atoms with Gasteiger partial charge in [0.25, 0.3) is 0 Å². The summed E-state index contributed by atoms with van der Waals surface area (Å²) in [4.78, 5) is 4.20. The number of rotatable bonds is 5. The van der Waals surface area contributed by atoms with Crippen molar-refractivity contribution in [3.8, 4) is 0 Å². The molecule has 0 aliphatic heterocycles. The first kappa shape index (κ1) is 20.1. The van der Waals surface area contributed by atoms with Crippen molar-refractivity contribution in [2.45, 2.75) is 13.0 Å². The summed E-state index contributed by atoms with van der Waals surface area (Å²) in [5.41, 5.74) is 2.18. The average molecular weight is 468 g/mol. The van der Waals surface area contributed by atoms with E-state index in [1.807, 2.05) is 29.9 Å². The zero-order valence-electron chi connectivity index (χ0n) is 13.0. The van der Waals surface area contributed by atoms with Gasteiger partial charge in [-0.25, -0.2) is 0 Å². The first-order valence-corrected chi connectivity index (χ1v) is 7.70. The molecule has 0 bridgehead atoms. The van der Waals surface area contributed by atoms with Crippen LogP contribution in [0.1, 0.15) is 11.3 Å². The highest BCUT2D eigenvalue weighted by Crippen LogP contribution is 2.19. The Morgan fingerprint density at radius 3 is 2.48 bits per heavy atom. The second-order valence-corrected chi connectivity index (χ2v) is 5.70. The molecule has 0 atom stereocenters. The van der Waals surface area contributed by atoms with Crippen molar-refractivity contribution in [3.63, 3.8) is 0 Å². The fourth-order valence-corrected chi connectivity index (χ4v) is 2.62. The van der Waals surface area contributed by atoms with Crippen LogP contribution in [0.2, 0.25) is 10.0 Å². The first-order chi connectivity index (χ1) is 10.6. The number of aryl methyl sites for hydroxylation is 1. The minimum atomic E-state index is 0. The molecule has 0 aliphatic carbocycles. The van der Waals surface area contributed by atoms with Crippen LogP contribution >= 0.6 is 47.2 Å². The molecule has 2 aromatic rings. The van der Waals surface area contributed by atoms with Crippen LogP contribution in [0, 0.1) is 0 Å². The van der Waals surface area contributed by atoms with E-state index in [1.54, 1.807) is 19.3 Å². The van der Waals surface area contributed by atoms with Gasteiger partial charge < -0.3 is 10.6 Å². The van der Waals surface area contributed by atoms with Gasteiger partial charge >= 0.3 is 0 Å². The summed E-state index contributed by atoms with van der Waals surface area (Å²) in [6.45, 7) is 1.40. The van der Waals surface area contributed by atoms with Gasteiger partial charge in [0, 0.05) is 36.9 Å². The molecule has 1 heterocycles. The lowest BCUT2D eigenvalue weighted by Crippen LogP contribution is -2.38. The fourth-order valence-electron chi connectivity index (χ4n) is 2.05. The Hall–Kier alpha value is -0.990. The molecule has 126 valence electrons. The molecule has 2 N–H and O–H groups in total. The van der Waals surface area contributed by atoms with Gasteiger partial charge in [-0.15, -0.1) is 24.0 Å². The molecule has 0 fully saturated rings. The highest BCUT2D eigenvalue weighted by molar-refractivity contribution is 14.0. The Bertz CT molecular complexity index is 637. The summed E-state index contributed by atoms with van der Waals surface area (Å²) in [7, 11) is 3.66. The molecular weight excluding hydrogens is 448 g/mol. The van der Waals surface area contributed by atoms with Crippen molar-refractivity contribution < 1.29 is 0 Å². The zero-order chi connectivity index (χ0) is 15.9. The van der Waals surface area contributed by atoms with E-state index in [9.17, 15) is 0 Å². The standard InChI is InChI=1S/C15H19Cl2N5.HI/c1-18-15(20-10-14-4-6-21-22(14)2)19-5-3-11-7-12(16)9-13(17)8-11;/h4,6-9H,3,5,10H2,1-2H3,(H2,18,19,20);1H. The average Bonchev–Trinajstić information content (AvgIpc) is 2.87. The normalized spacial score (nSPS) is 11.0. The van der Waals surface area contributed by atoms with E-state index in [0.717, 1.165) is 30.2 Å². The number of hydrogen-bond acceptors (Lipinski definition) is 2. The molecule has 23 heavy (non-hydrogen) atoms. The molecule has 0 saturated heterocycles. The van der Waals surface area contributed by atoms with Crippen molar-refractivity contribution >= 4 is 53.1 Å². The molecule has 8 heteroatoms. The minimum absolute atomic E-state index is 0. The molecule has 1 aromatic carbocycles. The number of hydrogen-bond donors (Lipinski definition) is 2. The van der Waals surface area contributed by atoms with Crippen LogP contribution in [0.15, 0.2) is 35.5 Å². The van der Waals surface area contributed by atoms with Crippen molar-refractivity contribution in [3.05, 3.63) is 51.8 Å². The molecule has 2 rings (SSSR count). The van der Waals surface area contributed by atoms with Crippen molar-refractivity contribution in [1.82, 2.24) is 20.4 Å². The van der Waals surface area contributed by atoms with Gasteiger partial charge in [0.15, 0.2) is 5.96 Å². The highest BCUT2D eigenvalue weighted by atomic mass is 127. The number of aliphatic imine (C=N–C) groups is 1. The Labute approximate surface area is 163 Å². The van der Waals surface area contributed by atoms with Crippen LogP contribution in [-0.4, -0.2) is 29.3 Å². The van der Waals surface area contributed by atoms with Crippen LogP contribution in [0.4, 0.5) is 0 Å². The van der Waals surface area contributed by atoms with E-state index in [4.69, 9.17) is 23.2 Å². The number of aromatic nitrogens is 2. The second kappa shape index (κ2) is 10.00. The summed E-state index contributed by atoms with van der Waals surface area (Å²) in [6.07, 6.45) is 2.59. The van der Waals surface area contributed by atoms with Gasteiger partial charge in [-0.2, -0.15) is 5.10 Å². The highest BCUT2D eigenvalue weighted by Gasteiger charge is 2.02. The zero-order valence-corrected chi connectivity index (χ0v) is 16.9. The number of halogens is 3. The molecule has 1 aromatic heterocycles. The minimum Gasteiger partial charge on any atom is -0.356 e. The van der Waals surface area contributed by atoms with Crippen LogP contribution in [0.5, 0.6) is 0 Å². The van der Waals surface area contributed by atoms with Crippen LogP contribution < -0.4 is 10.6 Å². The van der Waals surface area contributed by atoms with Crippen LogP contribution in [0.3, 0.4) is 0 Å². The monoisotopic (exact) mass is 467 g/mol. The lowest BCUT2D eigenvalue weighted by atomic mass is 10.1. The van der Waals surface area contributed by atoms with Gasteiger partial charge in [-0.05, 0) is 36.2 Å². The molecule has 0 radical (unpaired) electrons. The predicted octanol–water partition coefficient (Wildman–Crippen LogP) is 3.25. The SMILES string of the molecule is CN=C(NCCc1cc(Cl)cc(Cl)c1)NCc1ccnn1C.I. The maximum atomic E-state index is 5.99. The Morgan fingerprint density at radius 2 is 1.91 bits per heavy atom. The number of nitrogens with zero attached hydrogens (tertiary/aromatic N) is 3. The predicted molar refractivity (Wildman–Crippen MR) is 107 cm³/mol. The van der Waals surface area contributed by atoms with E-state index in [0.29, 0.717) is 16.6 Å². The Balaban J connectivity index is 0.00000264. The van der Waals surface area contributed by atoms with E-state index in [1.165, 1.54) is 0 Å². The maximum Gasteiger partial charge on any atom is 0.191 e. The van der Waals surface area contributed by atoms with Crippen LogP contribution in [0.25, 0.3) is 0 Å². The third kappa shape index (κ3) is 6.56. The van der Waals surface area contributed by atoms with Gasteiger partial charge in [0.05, 0.1) is 12.2 Å². The first-order valence-electron chi connectivity index (χ1n) is 6.95. The fraction of sp³-hybridized carbons (Fsp3) is 0.333. The molecule has 0 unspecified atom stereocenters. The molecule has 5 nitrogen and oxygen atoms in total. The van der Waals surface area contributed by atoms with E-state index < -0.39 is 0 Å². The number of guanidine groups is 1. The summed E-state index contributed by atoms with van der Waals surface area (Å²) in [6, 6.07) is 7.53. The second-order valence-electron chi connectivity index (χ2n) is 4.83. The lowest BCUT2D eigenvalue weighted by Gasteiger charge is -2.12. The Kier molecular flexibility index (Phi) is 8.72. The molecule has 0 spiro atoms. The summed E-state index contributed by atoms with van der Waals surface area (Å²) < 4.78 is 1.83. The number of nitrogens with one attached hydrogen (secondary N) is 2. The molecule has 0 saturated carbocycles. The molecular formula is C15H20Cl2IN5. The topological polar surface area (TPSA) is 54.2 Å².